The molecule has 8 heteroatoms. The summed E-state index contributed by atoms with van der Waals surface area (Å²) >= 11 is 12.0. The van der Waals surface area contributed by atoms with Crippen LogP contribution < -0.4 is 4.74 Å². The average Bonchev–Trinajstić information content (AvgIpc) is 3.17. The molecule has 0 radical (unpaired) electrons. The van der Waals surface area contributed by atoms with Crippen LogP contribution in [0.1, 0.15) is 27.7 Å². The highest BCUT2D eigenvalue weighted by atomic mass is 35.5. The monoisotopic (exact) mass is 385 g/mol. The third kappa shape index (κ3) is 3.49. The average molecular weight is 386 g/mol. The molecule has 1 fully saturated rings. The molecule has 1 aliphatic rings. The predicted octanol–water partition coefficient (Wildman–Crippen LogP) is 4.13. The second kappa shape index (κ2) is 6.43. The van der Waals surface area contributed by atoms with E-state index in [0.29, 0.717) is 22.4 Å². The third-order valence-corrected chi connectivity index (χ3v) is 4.80. The fourth-order valence-corrected chi connectivity index (χ4v) is 2.99. The summed E-state index contributed by atoms with van der Waals surface area (Å²) in [5.41, 5.74) is -1.03. The van der Waals surface area contributed by atoms with Crippen LogP contribution >= 0.6 is 23.2 Å². The standard InChI is InChI=1S/C17H21Cl2N3O3/c1-15(2,3)17(22-11-20-10-21-22)24-9-16(4,25-17)8-23-12-5-6-13(18)14(19)7-12/h5-7,10-11H,8-9H2,1-4H3. The Balaban J connectivity index is 1.78. The first-order valence-electron chi connectivity index (χ1n) is 7.92. The molecule has 0 bridgehead atoms. The minimum absolute atomic E-state index is 0.289. The van der Waals surface area contributed by atoms with Gasteiger partial charge in [0.15, 0.2) is 0 Å². The quantitative estimate of drug-likeness (QED) is 0.791. The summed E-state index contributed by atoms with van der Waals surface area (Å²) in [6.45, 7) is 8.67. The fraction of sp³-hybridized carbons (Fsp3) is 0.529. The van der Waals surface area contributed by atoms with Crippen molar-refractivity contribution in [3.8, 4) is 5.75 Å². The number of hydrogen-bond donors (Lipinski definition) is 0. The van der Waals surface area contributed by atoms with Gasteiger partial charge in [-0.1, -0.05) is 44.0 Å². The summed E-state index contributed by atoms with van der Waals surface area (Å²) in [6.07, 6.45) is 3.05. The Morgan fingerprint density at radius 3 is 2.64 bits per heavy atom. The van der Waals surface area contributed by atoms with E-state index in [1.54, 1.807) is 29.2 Å². The van der Waals surface area contributed by atoms with Crippen molar-refractivity contribution in [3.63, 3.8) is 0 Å². The van der Waals surface area contributed by atoms with E-state index in [1.165, 1.54) is 6.33 Å². The van der Waals surface area contributed by atoms with Crippen molar-refractivity contribution in [2.45, 2.75) is 39.2 Å². The number of halogens is 2. The molecule has 6 nitrogen and oxygen atoms in total. The molecule has 1 saturated heterocycles. The number of nitrogens with zero attached hydrogens (tertiary/aromatic N) is 3. The van der Waals surface area contributed by atoms with Crippen molar-refractivity contribution in [1.82, 2.24) is 14.8 Å². The highest BCUT2D eigenvalue weighted by Gasteiger charge is 2.57. The Morgan fingerprint density at radius 1 is 1.28 bits per heavy atom. The second-order valence-electron chi connectivity index (χ2n) is 7.38. The smallest absolute Gasteiger partial charge is 0.278 e. The van der Waals surface area contributed by atoms with E-state index in [4.69, 9.17) is 37.4 Å². The second-order valence-corrected chi connectivity index (χ2v) is 8.19. The van der Waals surface area contributed by atoms with E-state index in [2.05, 4.69) is 10.1 Å². The van der Waals surface area contributed by atoms with Crippen molar-refractivity contribution in [3.05, 3.63) is 40.9 Å². The summed E-state index contributed by atoms with van der Waals surface area (Å²) in [7, 11) is 0. The minimum Gasteiger partial charge on any atom is -0.490 e. The molecular weight excluding hydrogens is 365 g/mol. The van der Waals surface area contributed by atoms with Gasteiger partial charge in [0.25, 0.3) is 5.91 Å². The number of benzene rings is 1. The zero-order valence-corrected chi connectivity index (χ0v) is 16.1. The van der Waals surface area contributed by atoms with Crippen molar-refractivity contribution < 1.29 is 14.2 Å². The molecule has 25 heavy (non-hydrogen) atoms. The zero-order chi connectivity index (χ0) is 18.3. The predicted molar refractivity (Wildman–Crippen MR) is 94.9 cm³/mol. The van der Waals surface area contributed by atoms with Crippen LogP contribution in [0.15, 0.2) is 30.9 Å². The summed E-state index contributed by atoms with van der Waals surface area (Å²) in [5, 5.41) is 5.15. The molecule has 1 aliphatic heterocycles. The van der Waals surface area contributed by atoms with E-state index in [-0.39, 0.29) is 12.0 Å². The highest BCUT2D eigenvalue weighted by molar-refractivity contribution is 6.42. The summed E-state index contributed by atoms with van der Waals surface area (Å²) < 4.78 is 19.9. The molecule has 0 saturated carbocycles. The summed E-state index contributed by atoms with van der Waals surface area (Å²) in [6, 6.07) is 5.14. The summed E-state index contributed by atoms with van der Waals surface area (Å²) in [4.78, 5) is 4.02. The molecule has 2 unspecified atom stereocenters. The van der Waals surface area contributed by atoms with Gasteiger partial charge in [0.05, 0.1) is 16.7 Å². The first kappa shape index (κ1) is 18.5. The number of rotatable bonds is 4. The molecule has 1 aromatic carbocycles. The van der Waals surface area contributed by atoms with Crippen molar-refractivity contribution in [1.29, 1.82) is 0 Å². The SMILES string of the molecule is CC1(COc2ccc(Cl)c(Cl)c2)COC(n2cncn2)(C(C)(C)C)O1. The Hall–Kier alpha value is -1.34. The van der Waals surface area contributed by atoms with Gasteiger partial charge in [0.2, 0.25) is 0 Å². The molecule has 2 aromatic rings. The van der Waals surface area contributed by atoms with Crippen LogP contribution in [0, 0.1) is 5.41 Å². The minimum atomic E-state index is -1.06. The van der Waals surface area contributed by atoms with Crippen LogP contribution in [0.4, 0.5) is 0 Å². The van der Waals surface area contributed by atoms with Gasteiger partial charge < -0.3 is 14.2 Å². The van der Waals surface area contributed by atoms with Gasteiger partial charge in [-0.2, -0.15) is 9.78 Å². The largest absolute Gasteiger partial charge is 0.490 e. The molecular formula is C17H21Cl2N3O3. The van der Waals surface area contributed by atoms with Gasteiger partial charge in [-0.3, -0.25) is 0 Å². The van der Waals surface area contributed by atoms with Gasteiger partial charge in [0.1, 0.15) is 30.6 Å². The lowest BCUT2D eigenvalue weighted by Gasteiger charge is -2.40. The fourth-order valence-electron chi connectivity index (χ4n) is 2.70. The number of aromatic nitrogens is 3. The zero-order valence-electron chi connectivity index (χ0n) is 14.6. The Labute approximate surface area is 157 Å². The lowest BCUT2D eigenvalue weighted by atomic mass is 9.91. The van der Waals surface area contributed by atoms with Crippen LogP contribution in [0.5, 0.6) is 5.75 Å². The number of hydrogen-bond acceptors (Lipinski definition) is 5. The Kier molecular flexibility index (Phi) is 4.75. The van der Waals surface area contributed by atoms with Crippen LogP contribution in [-0.4, -0.2) is 33.6 Å². The summed E-state index contributed by atoms with van der Waals surface area (Å²) in [5.74, 6) is -0.438. The topological polar surface area (TPSA) is 58.4 Å². The highest BCUT2D eigenvalue weighted by Crippen LogP contribution is 2.46. The maximum atomic E-state index is 6.38. The van der Waals surface area contributed by atoms with Crippen LogP contribution in [0.2, 0.25) is 10.0 Å². The Morgan fingerprint density at radius 2 is 2.04 bits per heavy atom. The molecule has 0 amide bonds. The molecule has 2 heterocycles. The first-order chi connectivity index (χ1) is 11.7. The van der Waals surface area contributed by atoms with E-state index in [0.717, 1.165) is 0 Å². The first-order valence-corrected chi connectivity index (χ1v) is 8.68. The van der Waals surface area contributed by atoms with Gasteiger partial charge >= 0.3 is 0 Å². The van der Waals surface area contributed by atoms with E-state index in [1.807, 2.05) is 27.7 Å². The molecule has 2 atom stereocenters. The van der Waals surface area contributed by atoms with Crippen LogP contribution in [0.3, 0.4) is 0 Å². The molecule has 1 aromatic heterocycles. The van der Waals surface area contributed by atoms with E-state index >= 15 is 0 Å². The maximum absolute atomic E-state index is 6.38. The third-order valence-electron chi connectivity index (χ3n) is 4.06. The number of ether oxygens (including phenoxy) is 3. The van der Waals surface area contributed by atoms with Gasteiger partial charge in [0, 0.05) is 11.5 Å². The molecule has 0 spiro atoms. The van der Waals surface area contributed by atoms with Gasteiger partial charge in [-0.15, -0.1) is 0 Å². The normalized spacial score (nSPS) is 26.8. The lowest BCUT2D eigenvalue weighted by Crippen LogP contribution is -2.49. The maximum Gasteiger partial charge on any atom is 0.278 e. The van der Waals surface area contributed by atoms with Gasteiger partial charge in [-0.05, 0) is 19.1 Å². The molecule has 136 valence electrons. The Bertz CT molecular complexity index is 748. The van der Waals surface area contributed by atoms with Gasteiger partial charge in [-0.25, -0.2) is 4.98 Å². The molecule has 0 aliphatic carbocycles. The van der Waals surface area contributed by atoms with E-state index < -0.39 is 11.5 Å². The lowest BCUT2D eigenvalue weighted by molar-refractivity contribution is -0.311. The van der Waals surface area contributed by atoms with Crippen molar-refractivity contribution >= 4 is 23.2 Å². The molecule has 3 rings (SSSR count). The van der Waals surface area contributed by atoms with Crippen LogP contribution in [-0.2, 0) is 15.4 Å². The van der Waals surface area contributed by atoms with Crippen LogP contribution in [0.25, 0.3) is 0 Å². The van der Waals surface area contributed by atoms with Crippen molar-refractivity contribution in [2.24, 2.45) is 5.41 Å². The van der Waals surface area contributed by atoms with Crippen molar-refractivity contribution in [2.75, 3.05) is 13.2 Å². The molecule has 0 N–H and O–H groups in total. The van der Waals surface area contributed by atoms with E-state index in [9.17, 15) is 0 Å².